The molecule has 0 bridgehead atoms. The Labute approximate surface area is 79.3 Å². The van der Waals surface area contributed by atoms with Gasteiger partial charge in [-0.3, -0.25) is 10.1 Å². The van der Waals surface area contributed by atoms with Gasteiger partial charge in [-0.25, -0.2) is 4.79 Å². The van der Waals surface area contributed by atoms with Crippen molar-refractivity contribution in [3.8, 4) is 0 Å². The molecule has 14 heavy (non-hydrogen) atoms. The predicted molar refractivity (Wildman–Crippen MR) is 49.6 cm³/mol. The highest BCUT2D eigenvalue weighted by Crippen LogP contribution is 2.27. The van der Waals surface area contributed by atoms with E-state index in [1.54, 1.807) is 0 Å². The predicted octanol–water partition coefficient (Wildman–Crippen LogP) is 1.33. The van der Waals surface area contributed by atoms with Crippen LogP contribution in [0.5, 0.6) is 0 Å². The number of carboxylic acid groups (broad SMARTS) is 1. The zero-order chi connectivity index (χ0) is 10.7. The maximum Gasteiger partial charge on any atom is 0.342 e. The molecule has 6 heteroatoms. The largest absolute Gasteiger partial charge is 0.477 e. The van der Waals surface area contributed by atoms with Crippen LogP contribution >= 0.6 is 0 Å². The summed E-state index contributed by atoms with van der Waals surface area (Å²) in [6.45, 7) is 0. The molecule has 0 radical (unpaired) electrons. The third kappa shape index (κ3) is 1.63. The molecule has 0 saturated carbocycles. The summed E-state index contributed by atoms with van der Waals surface area (Å²) >= 11 is 0. The highest BCUT2D eigenvalue weighted by atomic mass is 16.6. The van der Waals surface area contributed by atoms with Gasteiger partial charge in [0.05, 0.1) is 4.92 Å². The Morgan fingerprint density at radius 2 is 2.21 bits per heavy atom. The van der Waals surface area contributed by atoms with E-state index >= 15 is 0 Å². The molecule has 0 aliphatic carbocycles. The average molecular weight is 196 g/mol. The van der Waals surface area contributed by atoms with Crippen LogP contribution in [-0.2, 0) is 0 Å². The van der Waals surface area contributed by atoms with Crippen molar-refractivity contribution in [2.75, 3.05) is 12.4 Å². The van der Waals surface area contributed by atoms with Crippen LogP contribution in [0.25, 0.3) is 0 Å². The van der Waals surface area contributed by atoms with E-state index in [2.05, 4.69) is 5.32 Å². The van der Waals surface area contributed by atoms with Crippen LogP contribution in [0.15, 0.2) is 18.2 Å². The van der Waals surface area contributed by atoms with E-state index < -0.39 is 16.6 Å². The first-order valence-electron chi connectivity index (χ1n) is 3.76. The highest BCUT2D eigenvalue weighted by molar-refractivity contribution is 5.95. The normalized spacial score (nSPS) is 9.50. The number of carbonyl (C=O) groups is 1. The minimum absolute atomic E-state index is 0.190. The molecule has 2 N–H and O–H groups in total. The summed E-state index contributed by atoms with van der Waals surface area (Å²) in [5.41, 5.74) is -0.542. The topological polar surface area (TPSA) is 92.5 Å². The summed E-state index contributed by atoms with van der Waals surface area (Å²) in [6, 6.07) is 4.09. The lowest BCUT2D eigenvalue weighted by atomic mass is 10.1. The van der Waals surface area contributed by atoms with Crippen molar-refractivity contribution >= 4 is 17.3 Å². The molecule has 0 fully saturated rings. The standard InChI is InChI=1S/C8H8N2O4/c1-9-6-4-2-3-5(8(11)12)7(6)10(13)14/h2-4,9H,1H3,(H,11,12). The Kier molecular flexibility index (Phi) is 2.66. The molecular weight excluding hydrogens is 188 g/mol. The molecule has 0 aliphatic rings. The lowest BCUT2D eigenvalue weighted by Gasteiger charge is -2.03. The second-order valence-electron chi connectivity index (χ2n) is 2.51. The van der Waals surface area contributed by atoms with Crippen LogP contribution in [0.4, 0.5) is 11.4 Å². The molecule has 0 unspecified atom stereocenters. The van der Waals surface area contributed by atoms with Gasteiger partial charge in [0.2, 0.25) is 0 Å². The molecule has 0 atom stereocenters. The fourth-order valence-corrected chi connectivity index (χ4v) is 1.11. The van der Waals surface area contributed by atoms with E-state index in [0.717, 1.165) is 0 Å². The Morgan fingerprint density at radius 3 is 2.64 bits per heavy atom. The molecule has 0 aliphatic heterocycles. The second kappa shape index (κ2) is 3.73. The van der Waals surface area contributed by atoms with Crippen molar-refractivity contribution in [2.24, 2.45) is 0 Å². The molecule has 0 aromatic heterocycles. The fraction of sp³-hybridized carbons (Fsp3) is 0.125. The van der Waals surface area contributed by atoms with Crippen LogP contribution in [0, 0.1) is 10.1 Å². The van der Waals surface area contributed by atoms with Crippen LogP contribution in [0.3, 0.4) is 0 Å². The van der Waals surface area contributed by atoms with Crippen molar-refractivity contribution in [3.63, 3.8) is 0 Å². The number of para-hydroxylation sites is 1. The van der Waals surface area contributed by atoms with Crippen molar-refractivity contribution in [1.82, 2.24) is 0 Å². The van der Waals surface area contributed by atoms with Crippen molar-refractivity contribution in [3.05, 3.63) is 33.9 Å². The number of hydrogen-bond donors (Lipinski definition) is 2. The molecule has 1 rings (SSSR count). The first-order valence-corrected chi connectivity index (χ1v) is 3.76. The van der Waals surface area contributed by atoms with E-state index in [-0.39, 0.29) is 11.3 Å². The van der Waals surface area contributed by atoms with Gasteiger partial charge in [-0.15, -0.1) is 0 Å². The molecule has 74 valence electrons. The van der Waals surface area contributed by atoms with E-state index in [1.165, 1.54) is 25.2 Å². The zero-order valence-electron chi connectivity index (χ0n) is 7.35. The minimum Gasteiger partial charge on any atom is -0.477 e. The summed E-state index contributed by atoms with van der Waals surface area (Å²) in [5, 5.41) is 21.9. The number of hydrogen-bond acceptors (Lipinski definition) is 4. The number of nitrogens with one attached hydrogen (secondary N) is 1. The van der Waals surface area contributed by atoms with E-state index in [1.807, 2.05) is 0 Å². The van der Waals surface area contributed by atoms with Crippen LogP contribution in [-0.4, -0.2) is 23.0 Å². The lowest BCUT2D eigenvalue weighted by Crippen LogP contribution is -2.05. The summed E-state index contributed by atoms with van der Waals surface area (Å²) in [5.74, 6) is -1.31. The monoisotopic (exact) mass is 196 g/mol. The molecule has 0 spiro atoms. The Bertz CT molecular complexity index is 389. The number of benzene rings is 1. The second-order valence-corrected chi connectivity index (χ2v) is 2.51. The van der Waals surface area contributed by atoms with Gasteiger partial charge in [-0.1, -0.05) is 6.07 Å². The smallest absolute Gasteiger partial charge is 0.342 e. The van der Waals surface area contributed by atoms with Crippen LogP contribution in [0.2, 0.25) is 0 Å². The lowest BCUT2D eigenvalue weighted by molar-refractivity contribution is -0.384. The minimum atomic E-state index is -1.31. The van der Waals surface area contributed by atoms with Crippen LogP contribution < -0.4 is 5.32 Å². The third-order valence-electron chi connectivity index (χ3n) is 1.72. The van der Waals surface area contributed by atoms with Gasteiger partial charge in [0.1, 0.15) is 11.3 Å². The van der Waals surface area contributed by atoms with Gasteiger partial charge in [-0.2, -0.15) is 0 Å². The highest BCUT2D eigenvalue weighted by Gasteiger charge is 2.23. The fourth-order valence-electron chi connectivity index (χ4n) is 1.11. The first-order chi connectivity index (χ1) is 6.57. The third-order valence-corrected chi connectivity index (χ3v) is 1.72. The summed E-state index contributed by atoms with van der Waals surface area (Å²) < 4.78 is 0. The summed E-state index contributed by atoms with van der Waals surface area (Å²) in [7, 11) is 1.49. The van der Waals surface area contributed by atoms with E-state index in [4.69, 9.17) is 5.11 Å². The Balaban J connectivity index is 3.43. The molecule has 1 aromatic carbocycles. The molecule has 0 heterocycles. The maximum atomic E-state index is 10.7. The van der Waals surface area contributed by atoms with Crippen molar-refractivity contribution in [2.45, 2.75) is 0 Å². The number of nitrogens with zero attached hydrogens (tertiary/aromatic N) is 1. The zero-order valence-corrected chi connectivity index (χ0v) is 7.35. The number of anilines is 1. The summed E-state index contributed by atoms with van der Waals surface area (Å²) in [4.78, 5) is 20.6. The van der Waals surface area contributed by atoms with E-state index in [0.29, 0.717) is 0 Å². The van der Waals surface area contributed by atoms with E-state index in [9.17, 15) is 14.9 Å². The number of carboxylic acids is 1. The van der Waals surface area contributed by atoms with Gasteiger partial charge in [-0.05, 0) is 12.1 Å². The molecule has 6 nitrogen and oxygen atoms in total. The van der Waals surface area contributed by atoms with Crippen LogP contribution in [0.1, 0.15) is 10.4 Å². The number of rotatable bonds is 3. The van der Waals surface area contributed by atoms with Gasteiger partial charge in [0.15, 0.2) is 0 Å². The molecule has 0 amide bonds. The summed E-state index contributed by atoms with van der Waals surface area (Å²) in [6.07, 6.45) is 0. The maximum absolute atomic E-state index is 10.7. The average Bonchev–Trinajstić information content (AvgIpc) is 2.16. The SMILES string of the molecule is CNc1cccc(C(=O)O)c1[N+](=O)[O-]. The molecular formula is C8H8N2O4. The Morgan fingerprint density at radius 1 is 1.57 bits per heavy atom. The number of nitro benzene ring substituents is 1. The van der Waals surface area contributed by atoms with Gasteiger partial charge >= 0.3 is 11.7 Å². The van der Waals surface area contributed by atoms with Gasteiger partial charge in [0.25, 0.3) is 0 Å². The quantitative estimate of drug-likeness (QED) is 0.562. The first kappa shape index (κ1) is 9.97. The Hall–Kier alpha value is -2.11. The number of aromatic carboxylic acids is 1. The molecule has 1 aromatic rings. The number of nitro groups is 1. The van der Waals surface area contributed by atoms with Crippen molar-refractivity contribution in [1.29, 1.82) is 0 Å². The van der Waals surface area contributed by atoms with Gasteiger partial charge < -0.3 is 10.4 Å². The van der Waals surface area contributed by atoms with Gasteiger partial charge in [0, 0.05) is 7.05 Å². The molecule has 0 saturated heterocycles. The van der Waals surface area contributed by atoms with Crippen molar-refractivity contribution < 1.29 is 14.8 Å².